The maximum absolute atomic E-state index is 11.6. The molecule has 1 heterocycles. The lowest BCUT2D eigenvalue weighted by Gasteiger charge is -2.18. The maximum atomic E-state index is 11.6. The Balaban J connectivity index is 2.29. The zero-order valence-corrected chi connectivity index (χ0v) is 10.8. The van der Waals surface area contributed by atoms with E-state index in [-0.39, 0.29) is 17.9 Å². The van der Waals surface area contributed by atoms with Crippen LogP contribution >= 0.6 is 0 Å². The Bertz CT molecular complexity index is 543. The van der Waals surface area contributed by atoms with Gasteiger partial charge >= 0.3 is 0 Å². The fraction of sp³-hybridized carbons (Fsp3) is 0.500. The minimum Gasteiger partial charge on any atom is -0.298 e. The molecule has 0 aliphatic heterocycles. The molecule has 0 aromatic carbocycles. The smallest absolute Gasteiger partial charge is 0.267 e. The second-order valence-electron chi connectivity index (χ2n) is 5.03. The predicted octanol–water partition coefficient (Wildman–Crippen LogP) is 2.04. The zero-order chi connectivity index (χ0) is 13.1. The number of hydrogen-bond acceptors (Lipinski definition) is 3. The van der Waals surface area contributed by atoms with E-state index >= 15 is 0 Å². The number of Topliss-reactive ketones (excluding diaryl/α,β-unsaturated/α-hetero) is 1. The Kier molecular flexibility index (Phi) is 3.75. The van der Waals surface area contributed by atoms with Gasteiger partial charge in [0, 0.05) is 6.07 Å². The molecule has 1 aliphatic rings. The highest BCUT2D eigenvalue weighted by molar-refractivity contribution is 5.75. The molecular weight excluding hydrogens is 228 g/mol. The molecule has 0 fully saturated rings. The average molecular weight is 246 g/mol. The monoisotopic (exact) mass is 246 g/mol. The van der Waals surface area contributed by atoms with Gasteiger partial charge < -0.3 is 0 Å². The van der Waals surface area contributed by atoms with Gasteiger partial charge in [-0.1, -0.05) is 13.0 Å². The summed E-state index contributed by atoms with van der Waals surface area (Å²) in [6, 6.07) is 3.24. The fourth-order valence-corrected chi connectivity index (χ4v) is 2.14. The van der Waals surface area contributed by atoms with Crippen LogP contribution in [0.4, 0.5) is 0 Å². The van der Waals surface area contributed by atoms with Crippen molar-refractivity contribution >= 4 is 11.4 Å². The molecule has 1 aliphatic carbocycles. The fourth-order valence-electron chi connectivity index (χ4n) is 2.14. The van der Waals surface area contributed by atoms with E-state index in [1.54, 1.807) is 6.07 Å². The van der Waals surface area contributed by atoms with Gasteiger partial charge in [-0.15, -0.1) is 0 Å². The summed E-state index contributed by atoms with van der Waals surface area (Å²) in [4.78, 5) is 22.7. The lowest BCUT2D eigenvalue weighted by Crippen LogP contribution is -2.26. The molecule has 4 nitrogen and oxygen atoms in total. The van der Waals surface area contributed by atoms with Crippen molar-refractivity contribution in [1.29, 1.82) is 0 Å². The summed E-state index contributed by atoms with van der Waals surface area (Å²) in [6.45, 7) is 3.75. The highest BCUT2D eigenvalue weighted by atomic mass is 16.1. The van der Waals surface area contributed by atoms with E-state index in [1.807, 2.05) is 0 Å². The van der Waals surface area contributed by atoms with Crippen LogP contribution in [0.15, 0.2) is 23.0 Å². The van der Waals surface area contributed by atoms with Gasteiger partial charge in [0.1, 0.15) is 6.54 Å². The van der Waals surface area contributed by atoms with Crippen molar-refractivity contribution in [2.75, 3.05) is 0 Å². The van der Waals surface area contributed by atoms with Crippen LogP contribution in [0.1, 0.15) is 38.8 Å². The van der Waals surface area contributed by atoms with Gasteiger partial charge in [0.05, 0.1) is 5.69 Å². The molecule has 18 heavy (non-hydrogen) atoms. The number of rotatable bonds is 3. The lowest BCUT2D eigenvalue weighted by atomic mass is 9.90. The number of hydrogen-bond donors (Lipinski definition) is 0. The van der Waals surface area contributed by atoms with E-state index in [9.17, 15) is 9.59 Å². The largest absolute Gasteiger partial charge is 0.298 e. The molecule has 0 saturated carbocycles. The van der Waals surface area contributed by atoms with Gasteiger partial charge in [-0.3, -0.25) is 9.59 Å². The van der Waals surface area contributed by atoms with E-state index in [0.717, 1.165) is 30.9 Å². The van der Waals surface area contributed by atoms with Crippen molar-refractivity contribution < 1.29 is 4.79 Å². The number of carbonyl (C=O) groups is 1. The first-order chi connectivity index (χ1) is 8.56. The Labute approximate surface area is 106 Å². The quantitative estimate of drug-likeness (QED) is 0.820. The van der Waals surface area contributed by atoms with Crippen LogP contribution in [0.25, 0.3) is 5.57 Å². The van der Waals surface area contributed by atoms with Gasteiger partial charge in [-0.05, 0) is 43.7 Å². The van der Waals surface area contributed by atoms with E-state index in [4.69, 9.17) is 0 Å². The molecular formula is C14H18N2O2. The number of ketones is 1. The van der Waals surface area contributed by atoms with Gasteiger partial charge in [0.25, 0.3) is 5.56 Å². The standard InChI is InChI=1S/C14H18N2O2/c1-10-3-5-12(6-4-10)13-7-8-14(18)16(15-13)9-11(2)17/h5,7-8,10H,3-4,6,9H2,1-2H3. The van der Waals surface area contributed by atoms with Crippen molar-refractivity contribution in [3.63, 3.8) is 0 Å². The first-order valence-corrected chi connectivity index (χ1v) is 6.33. The number of allylic oxidation sites excluding steroid dienone is 2. The molecule has 0 bridgehead atoms. The van der Waals surface area contributed by atoms with Crippen molar-refractivity contribution in [2.24, 2.45) is 5.92 Å². The molecule has 0 amide bonds. The van der Waals surface area contributed by atoms with E-state index in [2.05, 4.69) is 18.1 Å². The molecule has 0 spiro atoms. The van der Waals surface area contributed by atoms with Crippen LogP contribution in [0.3, 0.4) is 0 Å². The summed E-state index contributed by atoms with van der Waals surface area (Å²) >= 11 is 0. The van der Waals surface area contributed by atoms with Crippen molar-refractivity contribution in [3.05, 3.63) is 34.3 Å². The van der Waals surface area contributed by atoms with Crippen LogP contribution in [-0.2, 0) is 11.3 Å². The SMILES string of the molecule is CC(=O)Cn1nc(C2=CCC(C)CC2)ccc1=O. The Morgan fingerprint density at radius 3 is 2.89 bits per heavy atom. The Morgan fingerprint density at radius 2 is 2.28 bits per heavy atom. The third kappa shape index (κ3) is 2.94. The molecule has 1 atom stereocenters. The van der Waals surface area contributed by atoms with E-state index < -0.39 is 0 Å². The summed E-state index contributed by atoms with van der Waals surface area (Å²) in [5, 5.41) is 4.28. The van der Waals surface area contributed by atoms with Crippen LogP contribution in [0.5, 0.6) is 0 Å². The third-order valence-corrected chi connectivity index (χ3v) is 3.24. The molecule has 1 aromatic rings. The van der Waals surface area contributed by atoms with Crippen LogP contribution in [0, 0.1) is 5.92 Å². The number of aromatic nitrogens is 2. The van der Waals surface area contributed by atoms with Crippen molar-refractivity contribution in [3.8, 4) is 0 Å². The first-order valence-electron chi connectivity index (χ1n) is 6.33. The lowest BCUT2D eigenvalue weighted by molar-refractivity contribution is -0.117. The summed E-state index contributed by atoms with van der Waals surface area (Å²) in [6.07, 6.45) is 5.40. The predicted molar refractivity (Wildman–Crippen MR) is 70.2 cm³/mol. The van der Waals surface area contributed by atoms with Crippen LogP contribution in [-0.4, -0.2) is 15.6 Å². The van der Waals surface area contributed by atoms with Crippen molar-refractivity contribution in [1.82, 2.24) is 9.78 Å². The van der Waals surface area contributed by atoms with Gasteiger partial charge in [-0.2, -0.15) is 5.10 Å². The van der Waals surface area contributed by atoms with Crippen LogP contribution < -0.4 is 5.56 Å². The second-order valence-corrected chi connectivity index (χ2v) is 5.03. The summed E-state index contributed by atoms with van der Waals surface area (Å²) in [5.74, 6) is 0.657. The second kappa shape index (κ2) is 5.29. The zero-order valence-electron chi connectivity index (χ0n) is 10.8. The molecule has 4 heteroatoms. The first kappa shape index (κ1) is 12.7. The van der Waals surface area contributed by atoms with Gasteiger partial charge in [-0.25, -0.2) is 4.68 Å². The Hall–Kier alpha value is -1.71. The summed E-state index contributed by atoms with van der Waals surface area (Å²) in [5.41, 5.74) is 1.78. The number of carbonyl (C=O) groups excluding carboxylic acids is 1. The molecule has 0 radical (unpaired) electrons. The van der Waals surface area contributed by atoms with E-state index in [1.165, 1.54) is 23.2 Å². The minimum atomic E-state index is -0.223. The third-order valence-electron chi connectivity index (χ3n) is 3.24. The minimum absolute atomic E-state index is 0.0519. The molecule has 0 N–H and O–H groups in total. The molecule has 2 rings (SSSR count). The average Bonchev–Trinajstić information content (AvgIpc) is 2.32. The Morgan fingerprint density at radius 1 is 1.50 bits per heavy atom. The molecule has 0 saturated heterocycles. The molecule has 96 valence electrons. The normalized spacial score (nSPS) is 19.4. The van der Waals surface area contributed by atoms with Gasteiger partial charge in [0.2, 0.25) is 0 Å². The molecule has 1 aromatic heterocycles. The van der Waals surface area contributed by atoms with Crippen molar-refractivity contribution in [2.45, 2.75) is 39.7 Å². The van der Waals surface area contributed by atoms with Crippen LogP contribution in [0.2, 0.25) is 0 Å². The van der Waals surface area contributed by atoms with E-state index in [0.29, 0.717) is 0 Å². The highest BCUT2D eigenvalue weighted by Gasteiger charge is 2.13. The maximum Gasteiger partial charge on any atom is 0.267 e. The summed E-state index contributed by atoms with van der Waals surface area (Å²) < 4.78 is 1.25. The van der Waals surface area contributed by atoms with Gasteiger partial charge in [0.15, 0.2) is 5.78 Å². The highest BCUT2D eigenvalue weighted by Crippen LogP contribution is 2.28. The molecule has 1 unspecified atom stereocenters. The number of nitrogens with zero attached hydrogens (tertiary/aromatic N) is 2. The topological polar surface area (TPSA) is 52.0 Å². The summed E-state index contributed by atoms with van der Waals surface area (Å²) in [7, 11) is 0.